The van der Waals surface area contributed by atoms with Gasteiger partial charge in [-0.25, -0.2) is 9.97 Å². The van der Waals surface area contributed by atoms with E-state index >= 15 is 0 Å². The lowest BCUT2D eigenvalue weighted by Gasteiger charge is -2.32. The molecule has 28 heavy (non-hydrogen) atoms. The molecule has 3 heterocycles. The van der Waals surface area contributed by atoms with Gasteiger partial charge in [0.25, 0.3) is 5.91 Å². The summed E-state index contributed by atoms with van der Waals surface area (Å²) in [6.07, 6.45) is 3.14. The number of hydrogen-bond donors (Lipinski definition) is 1. The molecule has 1 amide bonds. The topological polar surface area (TPSA) is 108 Å². The number of carbonyl (C=O) groups excluding carboxylic acids is 2. The largest absolute Gasteiger partial charge is 0.455 e. The minimum absolute atomic E-state index is 0.217. The molecule has 148 valence electrons. The zero-order chi connectivity index (χ0) is 20.1. The van der Waals surface area contributed by atoms with E-state index in [1.807, 2.05) is 6.07 Å². The molecule has 2 aromatic rings. The Kier molecular flexibility index (Phi) is 6.41. The fraction of sp³-hybridized carbons (Fsp3) is 0.526. The van der Waals surface area contributed by atoms with Crippen molar-refractivity contribution >= 4 is 39.2 Å². The number of esters is 1. The number of anilines is 1. The number of aromatic nitrogens is 2. The van der Waals surface area contributed by atoms with Gasteiger partial charge in [0, 0.05) is 24.5 Å². The second-order valence-corrected chi connectivity index (χ2v) is 7.99. The summed E-state index contributed by atoms with van der Waals surface area (Å²) < 4.78 is 5.13. The summed E-state index contributed by atoms with van der Waals surface area (Å²) in [5.41, 5.74) is 1.21. The van der Waals surface area contributed by atoms with Crippen LogP contribution in [0, 0.1) is 31.1 Å². The summed E-state index contributed by atoms with van der Waals surface area (Å²) in [6.45, 7) is 5.55. The van der Waals surface area contributed by atoms with Gasteiger partial charge in [0.2, 0.25) is 0 Å². The minimum atomic E-state index is -0.382. The summed E-state index contributed by atoms with van der Waals surface area (Å²) in [5.74, 6) is -0.0143. The van der Waals surface area contributed by atoms with Crippen LogP contribution in [0.15, 0.2) is 6.33 Å². The van der Waals surface area contributed by atoms with E-state index in [2.05, 4.69) is 34.0 Å². The highest BCUT2D eigenvalue weighted by Crippen LogP contribution is 2.35. The van der Waals surface area contributed by atoms with Crippen LogP contribution in [0.25, 0.3) is 10.2 Å². The first-order valence-electron chi connectivity index (χ1n) is 9.27. The van der Waals surface area contributed by atoms with Crippen molar-refractivity contribution in [3.05, 3.63) is 16.8 Å². The number of ether oxygens (including phenoxy) is 1. The number of fused-ring (bicyclic) bond motifs is 1. The minimum Gasteiger partial charge on any atom is -0.455 e. The van der Waals surface area contributed by atoms with Gasteiger partial charge < -0.3 is 15.0 Å². The van der Waals surface area contributed by atoms with Crippen LogP contribution in [0.5, 0.6) is 0 Å². The smallest absolute Gasteiger partial charge is 0.309 e. The molecule has 0 atom stereocenters. The maximum atomic E-state index is 12.2. The second kappa shape index (κ2) is 8.97. The Labute approximate surface area is 167 Å². The van der Waals surface area contributed by atoms with Gasteiger partial charge in [-0.3, -0.25) is 9.59 Å². The zero-order valence-corrected chi connectivity index (χ0v) is 16.8. The Hall–Kier alpha value is -2.73. The van der Waals surface area contributed by atoms with Crippen LogP contribution in [0.2, 0.25) is 0 Å². The molecule has 0 saturated carbocycles. The molecule has 0 aliphatic carbocycles. The van der Waals surface area contributed by atoms with Gasteiger partial charge in [0.1, 0.15) is 17.0 Å². The predicted octanol–water partition coefficient (Wildman–Crippen LogP) is 2.10. The van der Waals surface area contributed by atoms with Crippen molar-refractivity contribution in [1.82, 2.24) is 15.3 Å². The average molecular weight is 401 g/mol. The van der Waals surface area contributed by atoms with Crippen molar-refractivity contribution in [1.29, 1.82) is 5.26 Å². The average Bonchev–Trinajstić information content (AvgIpc) is 3.00. The lowest BCUT2D eigenvalue weighted by atomic mass is 9.97. The lowest BCUT2D eigenvalue weighted by molar-refractivity contribution is -0.153. The van der Waals surface area contributed by atoms with E-state index in [0.717, 1.165) is 16.0 Å². The SMILES string of the molecule is Cc1sc2ncnc(N3CCC(C(=O)OCC(=O)NCCC#N)CC3)c2c1C. The van der Waals surface area contributed by atoms with Crippen molar-refractivity contribution in [2.75, 3.05) is 31.1 Å². The van der Waals surface area contributed by atoms with Crippen molar-refractivity contribution in [2.24, 2.45) is 5.92 Å². The van der Waals surface area contributed by atoms with Gasteiger partial charge in [-0.05, 0) is 32.3 Å². The zero-order valence-electron chi connectivity index (χ0n) is 16.0. The molecule has 0 spiro atoms. The number of nitriles is 1. The number of aryl methyl sites for hydroxylation is 2. The van der Waals surface area contributed by atoms with Gasteiger partial charge >= 0.3 is 5.97 Å². The van der Waals surface area contributed by atoms with Gasteiger partial charge in [0.05, 0.1) is 23.8 Å². The predicted molar refractivity (Wildman–Crippen MR) is 106 cm³/mol. The lowest BCUT2D eigenvalue weighted by Crippen LogP contribution is -2.38. The highest BCUT2D eigenvalue weighted by molar-refractivity contribution is 7.18. The van der Waals surface area contributed by atoms with E-state index in [1.165, 1.54) is 10.4 Å². The molecule has 0 bridgehead atoms. The van der Waals surface area contributed by atoms with Crippen molar-refractivity contribution in [2.45, 2.75) is 33.1 Å². The Morgan fingerprint density at radius 1 is 1.36 bits per heavy atom. The van der Waals surface area contributed by atoms with E-state index in [-0.39, 0.29) is 37.4 Å². The quantitative estimate of drug-likeness (QED) is 0.583. The molecule has 8 nitrogen and oxygen atoms in total. The van der Waals surface area contributed by atoms with E-state index in [9.17, 15) is 9.59 Å². The molecular weight excluding hydrogens is 378 g/mol. The fourth-order valence-corrected chi connectivity index (χ4v) is 4.29. The molecule has 0 aromatic carbocycles. The van der Waals surface area contributed by atoms with Crippen molar-refractivity contribution in [3.63, 3.8) is 0 Å². The molecule has 1 aliphatic heterocycles. The number of carbonyl (C=O) groups is 2. The highest BCUT2D eigenvalue weighted by atomic mass is 32.1. The van der Waals surface area contributed by atoms with Gasteiger partial charge in [0.15, 0.2) is 6.61 Å². The van der Waals surface area contributed by atoms with Crippen LogP contribution >= 0.6 is 11.3 Å². The van der Waals surface area contributed by atoms with E-state index in [0.29, 0.717) is 25.9 Å². The summed E-state index contributed by atoms with van der Waals surface area (Å²) >= 11 is 1.67. The Bertz CT molecular complexity index is 912. The summed E-state index contributed by atoms with van der Waals surface area (Å²) in [6, 6.07) is 1.94. The third-order valence-electron chi connectivity index (χ3n) is 4.98. The molecule has 3 rings (SSSR count). The molecule has 1 N–H and O–H groups in total. The van der Waals surface area contributed by atoms with Gasteiger partial charge in [-0.1, -0.05) is 0 Å². The normalized spacial score (nSPS) is 14.7. The van der Waals surface area contributed by atoms with E-state index in [4.69, 9.17) is 10.00 Å². The molecule has 1 fully saturated rings. The molecule has 1 saturated heterocycles. The Balaban J connectivity index is 1.54. The molecule has 2 aromatic heterocycles. The van der Waals surface area contributed by atoms with Crippen LogP contribution < -0.4 is 10.2 Å². The third-order valence-corrected chi connectivity index (χ3v) is 6.09. The maximum Gasteiger partial charge on any atom is 0.309 e. The van der Waals surface area contributed by atoms with Crippen LogP contribution in [0.3, 0.4) is 0 Å². The Morgan fingerprint density at radius 2 is 2.11 bits per heavy atom. The summed E-state index contributed by atoms with van der Waals surface area (Å²) in [4.78, 5) is 37.1. The Morgan fingerprint density at radius 3 is 2.82 bits per heavy atom. The van der Waals surface area contributed by atoms with Crippen LogP contribution in [0.4, 0.5) is 5.82 Å². The third kappa shape index (κ3) is 4.39. The molecular formula is C19H23N5O3S. The van der Waals surface area contributed by atoms with Crippen LogP contribution in [-0.4, -0.2) is 48.1 Å². The fourth-order valence-electron chi connectivity index (χ4n) is 3.29. The summed E-state index contributed by atoms with van der Waals surface area (Å²) in [5, 5.41) is 12.1. The van der Waals surface area contributed by atoms with Crippen molar-refractivity contribution < 1.29 is 14.3 Å². The number of hydrogen-bond acceptors (Lipinski definition) is 8. The van der Waals surface area contributed by atoms with Gasteiger partial charge in [-0.15, -0.1) is 11.3 Å². The summed E-state index contributed by atoms with van der Waals surface area (Å²) in [7, 11) is 0. The maximum absolute atomic E-state index is 12.2. The standard InChI is InChI=1S/C19H23N5O3S/c1-12-13(2)28-18-16(12)17(22-11-23-18)24-8-4-14(5-9-24)19(26)27-10-15(25)21-7-3-6-20/h11,14H,3-5,7-10H2,1-2H3,(H,21,25). The molecule has 0 unspecified atom stereocenters. The monoisotopic (exact) mass is 401 g/mol. The molecule has 9 heteroatoms. The first-order chi connectivity index (χ1) is 13.5. The van der Waals surface area contributed by atoms with E-state index < -0.39 is 0 Å². The number of nitrogens with zero attached hydrogens (tertiary/aromatic N) is 4. The molecule has 0 radical (unpaired) electrons. The highest BCUT2D eigenvalue weighted by Gasteiger charge is 2.28. The van der Waals surface area contributed by atoms with E-state index in [1.54, 1.807) is 17.7 Å². The number of rotatable bonds is 6. The van der Waals surface area contributed by atoms with Crippen molar-refractivity contribution in [3.8, 4) is 6.07 Å². The number of nitrogens with one attached hydrogen (secondary N) is 1. The first kappa shape index (κ1) is 20.0. The second-order valence-electron chi connectivity index (χ2n) is 6.79. The number of thiophene rings is 1. The molecule has 1 aliphatic rings. The van der Waals surface area contributed by atoms with Crippen LogP contribution in [0.1, 0.15) is 29.7 Å². The number of piperidine rings is 1. The van der Waals surface area contributed by atoms with Crippen LogP contribution in [-0.2, 0) is 14.3 Å². The van der Waals surface area contributed by atoms with Gasteiger partial charge in [-0.2, -0.15) is 5.26 Å². The first-order valence-corrected chi connectivity index (χ1v) is 10.1. The number of amides is 1.